The van der Waals surface area contributed by atoms with Gasteiger partial charge in [0.2, 0.25) is 5.91 Å². The number of halogens is 2. The Morgan fingerprint density at radius 1 is 1.17 bits per heavy atom. The van der Waals surface area contributed by atoms with Crippen LogP contribution in [0.1, 0.15) is 31.1 Å². The number of benzene rings is 1. The Balaban J connectivity index is 2.59. The van der Waals surface area contributed by atoms with Gasteiger partial charge in [-0.25, -0.2) is 4.79 Å². The number of carbonyl (C=O) groups excluding carboxylic acids is 3. The van der Waals surface area contributed by atoms with E-state index in [-0.39, 0.29) is 24.1 Å². The van der Waals surface area contributed by atoms with Gasteiger partial charge in [0.1, 0.15) is 0 Å². The van der Waals surface area contributed by atoms with Crippen LogP contribution < -0.4 is 5.32 Å². The van der Waals surface area contributed by atoms with Gasteiger partial charge >= 0.3 is 5.97 Å². The van der Waals surface area contributed by atoms with Crippen LogP contribution >= 0.6 is 23.2 Å². The van der Waals surface area contributed by atoms with E-state index in [1.807, 2.05) is 13.8 Å². The van der Waals surface area contributed by atoms with Gasteiger partial charge in [-0.3, -0.25) is 9.59 Å². The van der Waals surface area contributed by atoms with E-state index in [2.05, 4.69) is 5.32 Å². The standard InChI is InChI=1S/C16H20Cl2N2O4/c1-4-20(8-14(21)19-10(2)3)15(22)9-24-16(23)11-5-12(17)7-13(18)6-11/h5-7,10H,4,8-9H2,1-3H3,(H,19,21). The fraction of sp³-hybridized carbons (Fsp3) is 0.438. The van der Waals surface area contributed by atoms with Crippen LogP contribution in [0.15, 0.2) is 18.2 Å². The average Bonchev–Trinajstić information content (AvgIpc) is 2.48. The van der Waals surface area contributed by atoms with Gasteiger partial charge in [-0.05, 0) is 39.0 Å². The summed E-state index contributed by atoms with van der Waals surface area (Å²) >= 11 is 11.6. The van der Waals surface area contributed by atoms with Crippen LogP contribution in [0.4, 0.5) is 0 Å². The van der Waals surface area contributed by atoms with Crippen LogP contribution in [0.2, 0.25) is 10.0 Å². The maximum atomic E-state index is 12.1. The molecule has 1 aromatic rings. The van der Waals surface area contributed by atoms with Crippen LogP contribution in [0.25, 0.3) is 0 Å². The number of hydrogen-bond acceptors (Lipinski definition) is 4. The SMILES string of the molecule is CCN(CC(=O)NC(C)C)C(=O)COC(=O)c1cc(Cl)cc(Cl)c1. The van der Waals surface area contributed by atoms with Crippen molar-refractivity contribution in [1.29, 1.82) is 0 Å². The Kier molecular flexibility index (Phi) is 8.01. The Labute approximate surface area is 151 Å². The summed E-state index contributed by atoms with van der Waals surface area (Å²) < 4.78 is 4.97. The average molecular weight is 375 g/mol. The topological polar surface area (TPSA) is 75.7 Å². The van der Waals surface area contributed by atoms with Crippen LogP contribution in [0, 0.1) is 0 Å². The molecule has 0 fully saturated rings. The largest absolute Gasteiger partial charge is 0.452 e. The van der Waals surface area contributed by atoms with Crippen LogP contribution in [-0.4, -0.2) is 48.4 Å². The van der Waals surface area contributed by atoms with E-state index in [0.717, 1.165) is 0 Å². The van der Waals surface area contributed by atoms with E-state index >= 15 is 0 Å². The first-order valence-electron chi connectivity index (χ1n) is 7.43. The Hall–Kier alpha value is -1.79. The summed E-state index contributed by atoms with van der Waals surface area (Å²) in [7, 11) is 0. The lowest BCUT2D eigenvalue weighted by Gasteiger charge is -2.21. The minimum atomic E-state index is -0.713. The summed E-state index contributed by atoms with van der Waals surface area (Å²) in [4.78, 5) is 37.0. The molecular formula is C16H20Cl2N2O4. The van der Waals surface area contributed by atoms with Crippen LogP contribution in [0.5, 0.6) is 0 Å². The van der Waals surface area contributed by atoms with E-state index in [9.17, 15) is 14.4 Å². The zero-order chi connectivity index (χ0) is 18.3. The molecule has 0 aliphatic carbocycles. The monoisotopic (exact) mass is 374 g/mol. The summed E-state index contributed by atoms with van der Waals surface area (Å²) in [5.74, 6) is -1.44. The quantitative estimate of drug-likeness (QED) is 0.744. The van der Waals surface area contributed by atoms with Gasteiger partial charge in [-0.15, -0.1) is 0 Å². The highest BCUT2D eigenvalue weighted by Crippen LogP contribution is 2.19. The van der Waals surface area contributed by atoms with Gasteiger partial charge in [-0.2, -0.15) is 0 Å². The van der Waals surface area contributed by atoms with Crippen LogP contribution in [0.3, 0.4) is 0 Å². The van der Waals surface area contributed by atoms with Crippen molar-refractivity contribution in [2.24, 2.45) is 0 Å². The predicted octanol–water partition coefficient (Wildman–Crippen LogP) is 2.52. The molecule has 0 aromatic heterocycles. The smallest absolute Gasteiger partial charge is 0.338 e. The molecule has 132 valence electrons. The zero-order valence-electron chi connectivity index (χ0n) is 13.8. The number of ether oxygens (including phenoxy) is 1. The molecule has 8 heteroatoms. The second-order valence-corrected chi connectivity index (χ2v) is 6.24. The zero-order valence-corrected chi connectivity index (χ0v) is 15.3. The molecule has 6 nitrogen and oxygen atoms in total. The first-order chi connectivity index (χ1) is 11.2. The van der Waals surface area contributed by atoms with Crippen molar-refractivity contribution in [3.8, 4) is 0 Å². The number of carbonyl (C=O) groups is 3. The third-order valence-corrected chi connectivity index (χ3v) is 3.38. The maximum absolute atomic E-state index is 12.1. The lowest BCUT2D eigenvalue weighted by Crippen LogP contribution is -2.44. The first kappa shape index (κ1) is 20.3. The summed E-state index contributed by atoms with van der Waals surface area (Å²) in [6.07, 6.45) is 0. The number of likely N-dealkylation sites (N-methyl/N-ethyl adjacent to an activating group) is 1. The fourth-order valence-electron chi connectivity index (χ4n) is 1.89. The van der Waals surface area contributed by atoms with Gasteiger partial charge in [0, 0.05) is 22.6 Å². The van der Waals surface area contributed by atoms with Crippen LogP contribution in [-0.2, 0) is 14.3 Å². The molecule has 1 aromatic carbocycles. The molecule has 24 heavy (non-hydrogen) atoms. The second-order valence-electron chi connectivity index (χ2n) is 5.36. The van der Waals surface area contributed by atoms with Crippen molar-refractivity contribution in [3.05, 3.63) is 33.8 Å². The lowest BCUT2D eigenvalue weighted by atomic mass is 10.2. The van der Waals surface area contributed by atoms with Crippen molar-refractivity contribution in [2.75, 3.05) is 19.7 Å². The summed E-state index contributed by atoms with van der Waals surface area (Å²) in [5, 5.41) is 3.28. The molecule has 0 atom stereocenters. The van der Waals surface area contributed by atoms with Crippen molar-refractivity contribution < 1.29 is 19.1 Å². The third kappa shape index (κ3) is 6.76. The molecule has 0 saturated heterocycles. The number of amides is 2. The van der Waals surface area contributed by atoms with E-state index in [1.165, 1.54) is 23.1 Å². The molecule has 1 N–H and O–H groups in total. The van der Waals surface area contributed by atoms with Gasteiger partial charge < -0.3 is 15.0 Å². The van der Waals surface area contributed by atoms with E-state index in [0.29, 0.717) is 16.6 Å². The number of hydrogen-bond donors (Lipinski definition) is 1. The third-order valence-electron chi connectivity index (χ3n) is 2.94. The van der Waals surface area contributed by atoms with Gasteiger partial charge in [0.05, 0.1) is 12.1 Å². The summed E-state index contributed by atoms with van der Waals surface area (Å²) in [6.45, 7) is 5.16. The molecule has 0 saturated carbocycles. The van der Waals surface area contributed by atoms with E-state index < -0.39 is 18.5 Å². The number of rotatable bonds is 7. The summed E-state index contributed by atoms with van der Waals surface area (Å²) in [5.41, 5.74) is 0.154. The molecule has 2 amide bonds. The Morgan fingerprint density at radius 2 is 1.75 bits per heavy atom. The van der Waals surface area contributed by atoms with Crippen molar-refractivity contribution in [2.45, 2.75) is 26.8 Å². The molecular weight excluding hydrogens is 355 g/mol. The normalized spacial score (nSPS) is 10.4. The Bertz CT molecular complexity index is 600. The maximum Gasteiger partial charge on any atom is 0.338 e. The molecule has 0 aliphatic rings. The molecule has 0 bridgehead atoms. The minimum Gasteiger partial charge on any atom is -0.452 e. The van der Waals surface area contributed by atoms with Crippen molar-refractivity contribution in [1.82, 2.24) is 10.2 Å². The second kappa shape index (κ2) is 9.49. The van der Waals surface area contributed by atoms with Gasteiger partial charge in [-0.1, -0.05) is 23.2 Å². The molecule has 0 aliphatic heterocycles. The number of esters is 1. The predicted molar refractivity (Wildman–Crippen MR) is 92.3 cm³/mol. The van der Waals surface area contributed by atoms with Gasteiger partial charge in [0.25, 0.3) is 5.91 Å². The molecule has 0 heterocycles. The van der Waals surface area contributed by atoms with E-state index in [4.69, 9.17) is 27.9 Å². The lowest BCUT2D eigenvalue weighted by molar-refractivity contribution is -0.138. The molecule has 1 rings (SSSR count). The highest BCUT2D eigenvalue weighted by atomic mass is 35.5. The van der Waals surface area contributed by atoms with Crippen molar-refractivity contribution in [3.63, 3.8) is 0 Å². The highest BCUT2D eigenvalue weighted by Gasteiger charge is 2.18. The number of nitrogens with zero attached hydrogens (tertiary/aromatic N) is 1. The van der Waals surface area contributed by atoms with E-state index in [1.54, 1.807) is 6.92 Å². The van der Waals surface area contributed by atoms with Gasteiger partial charge in [0.15, 0.2) is 6.61 Å². The molecule has 0 radical (unpaired) electrons. The highest BCUT2D eigenvalue weighted by molar-refractivity contribution is 6.35. The Morgan fingerprint density at radius 3 is 2.25 bits per heavy atom. The molecule has 0 unspecified atom stereocenters. The molecule has 0 spiro atoms. The first-order valence-corrected chi connectivity index (χ1v) is 8.18. The fourth-order valence-corrected chi connectivity index (χ4v) is 2.42. The number of nitrogens with one attached hydrogen (secondary N) is 1. The van der Waals surface area contributed by atoms with Crippen molar-refractivity contribution >= 4 is 41.0 Å². The minimum absolute atomic E-state index is 0.0169. The summed E-state index contributed by atoms with van der Waals surface area (Å²) in [6, 6.07) is 4.26.